The quantitative estimate of drug-likeness (QED) is 0.445. The van der Waals surface area contributed by atoms with E-state index >= 15 is 0 Å². The molecule has 28 heavy (non-hydrogen) atoms. The van der Waals surface area contributed by atoms with E-state index < -0.39 is 0 Å². The number of ether oxygens (including phenoxy) is 1. The first-order valence-corrected chi connectivity index (χ1v) is 9.83. The van der Waals surface area contributed by atoms with E-state index in [1.807, 2.05) is 0 Å². The predicted molar refractivity (Wildman–Crippen MR) is 107 cm³/mol. The SMILES string of the molecule is Cn1c(SCC(=O)NCCOc2ccc(Cl)cc2)nnc1-c1ccccc1F. The minimum absolute atomic E-state index is 0.153. The molecule has 0 unspecified atom stereocenters. The fourth-order valence-electron chi connectivity index (χ4n) is 2.39. The Morgan fingerprint density at radius 1 is 1.21 bits per heavy atom. The number of nitrogens with zero attached hydrogens (tertiary/aromatic N) is 3. The van der Waals surface area contributed by atoms with Gasteiger partial charge in [-0.15, -0.1) is 10.2 Å². The van der Waals surface area contributed by atoms with Crippen LogP contribution in [0.25, 0.3) is 11.4 Å². The molecule has 146 valence electrons. The van der Waals surface area contributed by atoms with Crippen molar-refractivity contribution in [1.29, 1.82) is 0 Å². The summed E-state index contributed by atoms with van der Waals surface area (Å²) in [6.07, 6.45) is 0. The maximum Gasteiger partial charge on any atom is 0.230 e. The molecule has 0 bridgehead atoms. The third kappa shape index (κ3) is 5.24. The number of nitrogens with one attached hydrogen (secondary N) is 1. The molecule has 0 radical (unpaired) electrons. The van der Waals surface area contributed by atoms with Gasteiger partial charge in [0, 0.05) is 12.1 Å². The molecule has 2 aromatic carbocycles. The van der Waals surface area contributed by atoms with Crippen molar-refractivity contribution < 1.29 is 13.9 Å². The lowest BCUT2D eigenvalue weighted by Crippen LogP contribution is -2.29. The molecular formula is C19H18ClFN4O2S. The van der Waals surface area contributed by atoms with Gasteiger partial charge >= 0.3 is 0 Å². The number of thioether (sulfide) groups is 1. The molecule has 0 atom stereocenters. The molecule has 0 aliphatic rings. The molecule has 3 aromatic rings. The number of amides is 1. The number of halogens is 2. The van der Waals surface area contributed by atoms with Crippen LogP contribution in [0.4, 0.5) is 4.39 Å². The van der Waals surface area contributed by atoms with Gasteiger partial charge < -0.3 is 14.6 Å². The Morgan fingerprint density at radius 3 is 2.71 bits per heavy atom. The summed E-state index contributed by atoms with van der Waals surface area (Å²) in [4.78, 5) is 12.0. The largest absolute Gasteiger partial charge is 0.492 e. The minimum atomic E-state index is -0.368. The minimum Gasteiger partial charge on any atom is -0.492 e. The molecule has 1 amide bonds. The zero-order valence-electron chi connectivity index (χ0n) is 15.1. The average molecular weight is 421 g/mol. The van der Waals surface area contributed by atoms with Crippen LogP contribution < -0.4 is 10.1 Å². The Labute approximate surface area is 171 Å². The van der Waals surface area contributed by atoms with Gasteiger partial charge in [0.05, 0.1) is 17.9 Å². The highest BCUT2D eigenvalue weighted by Gasteiger charge is 2.15. The van der Waals surface area contributed by atoms with Crippen molar-refractivity contribution in [3.05, 3.63) is 59.4 Å². The van der Waals surface area contributed by atoms with E-state index in [9.17, 15) is 9.18 Å². The monoisotopic (exact) mass is 420 g/mol. The molecule has 0 spiro atoms. The third-order valence-corrected chi connectivity index (χ3v) is 5.06. The highest BCUT2D eigenvalue weighted by molar-refractivity contribution is 7.99. The Kier molecular flexibility index (Phi) is 6.89. The Balaban J connectivity index is 1.45. The van der Waals surface area contributed by atoms with Crippen molar-refractivity contribution in [2.45, 2.75) is 5.16 Å². The maximum atomic E-state index is 13.9. The summed E-state index contributed by atoms with van der Waals surface area (Å²) in [5.74, 6) is 0.753. The highest BCUT2D eigenvalue weighted by Crippen LogP contribution is 2.24. The van der Waals surface area contributed by atoms with E-state index in [4.69, 9.17) is 16.3 Å². The van der Waals surface area contributed by atoms with Gasteiger partial charge in [0.15, 0.2) is 11.0 Å². The Bertz CT molecular complexity index is 949. The normalized spacial score (nSPS) is 10.7. The van der Waals surface area contributed by atoms with E-state index in [2.05, 4.69) is 15.5 Å². The topological polar surface area (TPSA) is 69.0 Å². The number of hydrogen-bond donors (Lipinski definition) is 1. The fourth-order valence-corrected chi connectivity index (χ4v) is 3.26. The number of carbonyl (C=O) groups excluding carboxylic acids is 1. The Hall–Kier alpha value is -2.58. The fraction of sp³-hybridized carbons (Fsp3) is 0.211. The first-order valence-electron chi connectivity index (χ1n) is 8.47. The molecule has 0 aliphatic heterocycles. The first-order chi connectivity index (χ1) is 13.5. The zero-order chi connectivity index (χ0) is 19.9. The molecule has 3 rings (SSSR count). The molecular weight excluding hydrogens is 403 g/mol. The van der Waals surface area contributed by atoms with Crippen LogP contribution in [-0.2, 0) is 11.8 Å². The van der Waals surface area contributed by atoms with Gasteiger partial charge in [0.2, 0.25) is 5.91 Å². The first kappa shape index (κ1) is 20.2. The summed E-state index contributed by atoms with van der Waals surface area (Å²) in [7, 11) is 1.74. The average Bonchev–Trinajstić information content (AvgIpc) is 3.06. The molecule has 1 N–H and O–H groups in total. The van der Waals surface area contributed by atoms with Gasteiger partial charge in [-0.05, 0) is 36.4 Å². The van der Waals surface area contributed by atoms with E-state index in [1.165, 1.54) is 17.8 Å². The number of benzene rings is 2. The van der Waals surface area contributed by atoms with Crippen molar-refractivity contribution in [3.8, 4) is 17.1 Å². The second-order valence-corrected chi connectivity index (χ2v) is 7.16. The van der Waals surface area contributed by atoms with E-state index in [0.29, 0.717) is 40.5 Å². The van der Waals surface area contributed by atoms with Crippen LogP contribution >= 0.6 is 23.4 Å². The number of carbonyl (C=O) groups is 1. The molecule has 1 aromatic heterocycles. The second kappa shape index (κ2) is 9.57. The van der Waals surface area contributed by atoms with Crippen LogP contribution in [0, 0.1) is 5.82 Å². The summed E-state index contributed by atoms with van der Waals surface area (Å²) in [5.41, 5.74) is 0.369. The van der Waals surface area contributed by atoms with Gasteiger partial charge in [-0.1, -0.05) is 35.5 Å². The number of hydrogen-bond acceptors (Lipinski definition) is 5. The smallest absolute Gasteiger partial charge is 0.230 e. The van der Waals surface area contributed by atoms with Crippen LogP contribution in [-0.4, -0.2) is 39.6 Å². The highest BCUT2D eigenvalue weighted by atomic mass is 35.5. The van der Waals surface area contributed by atoms with Crippen LogP contribution in [0.3, 0.4) is 0 Å². The van der Waals surface area contributed by atoms with Gasteiger partial charge in [0.25, 0.3) is 0 Å². The molecule has 9 heteroatoms. The number of aromatic nitrogens is 3. The van der Waals surface area contributed by atoms with E-state index in [1.54, 1.807) is 54.1 Å². The summed E-state index contributed by atoms with van der Waals surface area (Å²) >= 11 is 7.04. The number of rotatable bonds is 8. The van der Waals surface area contributed by atoms with Crippen molar-refractivity contribution in [1.82, 2.24) is 20.1 Å². The standard InChI is InChI=1S/C19H18ClFN4O2S/c1-25-18(15-4-2-3-5-16(15)21)23-24-19(25)28-12-17(26)22-10-11-27-14-8-6-13(20)7-9-14/h2-9H,10-12H2,1H3,(H,22,26). The zero-order valence-corrected chi connectivity index (χ0v) is 16.6. The van der Waals surface area contributed by atoms with E-state index in [0.717, 1.165) is 0 Å². The molecule has 0 aliphatic carbocycles. The second-order valence-electron chi connectivity index (χ2n) is 5.79. The van der Waals surface area contributed by atoms with Crippen molar-refractivity contribution in [2.24, 2.45) is 7.05 Å². The Morgan fingerprint density at radius 2 is 1.96 bits per heavy atom. The molecule has 0 saturated carbocycles. The predicted octanol–water partition coefficient (Wildman–Crippen LogP) is 3.56. The molecule has 0 saturated heterocycles. The van der Waals surface area contributed by atoms with Gasteiger partial charge in [-0.2, -0.15) is 0 Å². The molecule has 1 heterocycles. The van der Waals surface area contributed by atoms with Gasteiger partial charge in [-0.3, -0.25) is 4.79 Å². The van der Waals surface area contributed by atoms with Gasteiger partial charge in [-0.25, -0.2) is 4.39 Å². The molecule has 6 nitrogen and oxygen atoms in total. The summed E-state index contributed by atoms with van der Waals surface area (Å²) in [6, 6.07) is 13.4. The van der Waals surface area contributed by atoms with E-state index in [-0.39, 0.29) is 17.5 Å². The lowest BCUT2D eigenvalue weighted by Gasteiger charge is -2.08. The maximum absolute atomic E-state index is 13.9. The van der Waals surface area contributed by atoms with Crippen LogP contribution in [0.5, 0.6) is 5.75 Å². The lowest BCUT2D eigenvalue weighted by atomic mass is 10.2. The van der Waals surface area contributed by atoms with Crippen LogP contribution in [0.2, 0.25) is 5.02 Å². The van der Waals surface area contributed by atoms with Gasteiger partial charge in [0.1, 0.15) is 18.2 Å². The summed E-state index contributed by atoms with van der Waals surface area (Å²) < 4.78 is 21.1. The molecule has 0 fully saturated rings. The van der Waals surface area contributed by atoms with Crippen molar-refractivity contribution >= 4 is 29.3 Å². The summed E-state index contributed by atoms with van der Waals surface area (Å²) in [5, 5.41) is 12.0. The van der Waals surface area contributed by atoms with Crippen LogP contribution in [0.1, 0.15) is 0 Å². The lowest BCUT2D eigenvalue weighted by molar-refractivity contribution is -0.118. The third-order valence-electron chi connectivity index (χ3n) is 3.79. The van der Waals surface area contributed by atoms with Crippen molar-refractivity contribution in [3.63, 3.8) is 0 Å². The van der Waals surface area contributed by atoms with Crippen molar-refractivity contribution in [2.75, 3.05) is 18.9 Å². The van der Waals surface area contributed by atoms with Crippen LogP contribution in [0.15, 0.2) is 53.7 Å². The summed E-state index contributed by atoms with van der Waals surface area (Å²) in [6.45, 7) is 0.723.